The average molecular weight is 406 g/mol. The first kappa shape index (κ1) is 22.7. The zero-order chi connectivity index (χ0) is 21.8. The van der Waals surface area contributed by atoms with Crippen LogP contribution in [0.5, 0.6) is 0 Å². The maximum Gasteiger partial charge on any atom is 0.325 e. The van der Waals surface area contributed by atoms with Gasteiger partial charge < -0.3 is 15.7 Å². The molecule has 0 aliphatic heterocycles. The molecule has 2 aromatic carbocycles. The van der Waals surface area contributed by atoms with E-state index in [1.807, 2.05) is 18.2 Å². The van der Waals surface area contributed by atoms with E-state index in [9.17, 15) is 14.4 Å². The minimum atomic E-state index is -1.09. The molecule has 2 aromatic rings. The molecule has 0 bridgehead atoms. The molecular weight excluding hydrogens is 380 g/mol. The summed E-state index contributed by atoms with van der Waals surface area (Å²) in [4.78, 5) is 34.6. The number of hydrogen-bond acceptors (Lipinski definition) is 3. The molecular formula is C24H26N2O4. The third-order valence-electron chi connectivity index (χ3n) is 4.43. The lowest BCUT2D eigenvalue weighted by Gasteiger charge is -2.08. The zero-order valence-corrected chi connectivity index (χ0v) is 17.0. The van der Waals surface area contributed by atoms with Gasteiger partial charge in [-0.05, 0) is 56.0 Å². The average Bonchev–Trinajstić information content (AvgIpc) is 2.75. The molecule has 1 unspecified atom stereocenters. The molecule has 6 nitrogen and oxygen atoms in total. The quantitative estimate of drug-likeness (QED) is 0.441. The van der Waals surface area contributed by atoms with Crippen LogP contribution in [-0.2, 0) is 16.0 Å². The number of carbonyl (C=O) groups excluding carboxylic acids is 2. The number of unbranched alkanes of at least 4 members (excludes halogenated alkanes) is 1. The fourth-order valence-corrected chi connectivity index (χ4v) is 2.68. The molecule has 0 heterocycles. The van der Waals surface area contributed by atoms with Crippen molar-refractivity contribution >= 4 is 17.8 Å². The summed E-state index contributed by atoms with van der Waals surface area (Å²) in [6, 6.07) is 15.8. The Balaban J connectivity index is 1.67. The van der Waals surface area contributed by atoms with Crippen LogP contribution >= 0.6 is 0 Å². The van der Waals surface area contributed by atoms with Crippen molar-refractivity contribution in [2.45, 2.75) is 38.6 Å². The van der Waals surface area contributed by atoms with E-state index < -0.39 is 17.9 Å². The van der Waals surface area contributed by atoms with Crippen LogP contribution < -0.4 is 10.6 Å². The molecule has 156 valence electrons. The van der Waals surface area contributed by atoms with Crippen LogP contribution in [0.3, 0.4) is 0 Å². The molecule has 0 saturated carbocycles. The molecule has 0 spiro atoms. The molecule has 3 N–H and O–H groups in total. The summed E-state index contributed by atoms with van der Waals surface area (Å²) in [7, 11) is 0. The molecule has 0 fully saturated rings. The van der Waals surface area contributed by atoms with Gasteiger partial charge in [-0.25, -0.2) is 0 Å². The lowest BCUT2D eigenvalue weighted by Crippen LogP contribution is -2.38. The Hall–Kier alpha value is -3.59. The summed E-state index contributed by atoms with van der Waals surface area (Å²) in [6.07, 6.45) is 3.25. The molecule has 0 radical (unpaired) electrons. The Morgan fingerprint density at radius 1 is 1.00 bits per heavy atom. The van der Waals surface area contributed by atoms with Gasteiger partial charge >= 0.3 is 5.97 Å². The Labute approximate surface area is 176 Å². The summed E-state index contributed by atoms with van der Waals surface area (Å²) in [5.41, 5.74) is 2.34. The monoisotopic (exact) mass is 406 g/mol. The first-order chi connectivity index (χ1) is 14.5. The minimum absolute atomic E-state index is 0.0167. The maximum atomic E-state index is 11.9. The van der Waals surface area contributed by atoms with Crippen LogP contribution in [0.2, 0.25) is 0 Å². The molecule has 2 amide bonds. The molecule has 0 saturated heterocycles. The van der Waals surface area contributed by atoms with Crippen molar-refractivity contribution in [2.24, 2.45) is 0 Å². The number of benzene rings is 2. The van der Waals surface area contributed by atoms with Crippen molar-refractivity contribution in [2.75, 3.05) is 6.54 Å². The van der Waals surface area contributed by atoms with Crippen molar-refractivity contribution in [3.63, 3.8) is 0 Å². The van der Waals surface area contributed by atoms with Crippen molar-refractivity contribution < 1.29 is 19.5 Å². The number of rotatable bonds is 9. The van der Waals surface area contributed by atoms with Crippen molar-refractivity contribution in [1.29, 1.82) is 0 Å². The molecule has 2 rings (SSSR count). The van der Waals surface area contributed by atoms with Crippen molar-refractivity contribution in [3.8, 4) is 11.8 Å². The van der Waals surface area contributed by atoms with Crippen LogP contribution in [0.4, 0.5) is 0 Å². The summed E-state index contributed by atoms with van der Waals surface area (Å²) in [5, 5.41) is 14.0. The van der Waals surface area contributed by atoms with Crippen LogP contribution in [0.25, 0.3) is 0 Å². The van der Waals surface area contributed by atoms with E-state index >= 15 is 0 Å². The second-order valence-electron chi connectivity index (χ2n) is 6.88. The van der Waals surface area contributed by atoms with E-state index in [-0.39, 0.29) is 12.5 Å². The SMILES string of the molecule is CC(NC(=O)c1ccc(C#CCNC(=O)CCCCc2ccccc2)cc1)C(=O)O. The van der Waals surface area contributed by atoms with E-state index in [0.29, 0.717) is 17.5 Å². The van der Waals surface area contributed by atoms with Crippen molar-refractivity contribution in [1.82, 2.24) is 10.6 Å². The number of aryl methyl sites for hydroxylation is 1. The van der Waals surface area contributed by atoms with Gasteiger partial charge in [0, 0.05) is 17.5 Å². The van der Waals surface area contributed by atoms with Gasteiger partial charge in [0.1, 0.15) is 6.04 Å². The summed E-state index contributed by atoms with van der Waals surface area (Å²) >= 11 is 0. The standard InChI is InChI=1S/C24H26N2O4/c1-18(24(29)30)26-23(28)21-15-13-20(14-16-21)11-7-17-25-22(27)12-6-5-10-19-8-3-2-4-9-19/h2-4,8-9,13-16,18H,5-6,10,12,17H2,1H3,(H,25,27)(H,26,28)(H,29,30). The Kier molecular flexibility index (Phi) is 9.14. The zero-order valence-electron chi connectivity index (χ0n) is 17.0. The number of aliphatic carboxylic acids is 1. The Morgan fingerprint density at radius 3 is 2.37 bits per heavy atom. The van der Waals surface area contributed by atoms with E-state index in [2.05, 4.69) is 34.6 Å². The van der Waals surface area contributed by atoms with Crippen LogP contribution in [0.15, 0.2) is 54.6 Å². The van der Waals surface area contributed by atoms with E-state index in [1.165, 1.54) is 12.5 Å². The third kappa shape index (κ3) is 8.19. The van der Waals surface area contributed by atoms with Crippen LogP contribution in [-0.4, -0.2) is 35.5 Å². The largest absolute Gasteiger partial charge is 0.480 e. The van der Waals surface area contributed by atoms with Gasteiger partial charge in [-0.15, -0.1) is 0 Å². The normalized spacial score (nSPS) is 11.0. The molecule has 1 atom stereocenters. The summed E-state index contributed by atoms with van der Waals surface area (Å²) in [6.45, 7) is 1.66. The lowest BCUT2D eigenvalue weighted by molar-refractivity contribution is -0.138. The number of hydrogen-bond donors (Lipinski definition) is 3. The highest BCUT2D eigenvalue weighted by molar-refractivity contribution is 5.96. The third-order valence-corrected chi connectivity index (χ3v) is 4.43. The summed E-state index contributed by atoms with van der Waals surface area (Å²) < 4.78 is 0. The van der Waals surface area contributed by atoms with E-state index in [1.54, 1.807) is 24.3 Å². The number of amides is 2. The van der Waals surface area contributed by atoms with Gasteiger partial charge in [0.05, 0.1) is 6.54 Å². The second-order valence-corrected chi connectivity index (χ2v) is 6.88. The summed E-state index contributed by atoms with van der Waals surface area (Å²) in [5.74, 6) is 4.24. The van der Waals surface area contributed by atoms with Gasteiger partial charge in [-0.2, -0.15) is 0 Å². The number of nitrogens with one attached hydrogen (secondary N) is 2. The molecule has 6 heteroatoms. The fourth-order valence-electron chi connectivity index (χ4n) is 2.68. The number of carbonyl (C=O) groups is 3. The number of carboxylic acid groups (broad SMARTS) is 1. The first-order valence-electron chi connectivity index (χ1n) is 9.89. The molecule has 30 heavy (non-hydrogen) atoms. The Bertz CT molecular complexity index is 912. The fraction of sp³-hybridized carbons (Fsp3) is 0.292. The van der Waals surface area contributed by atoms with E-state index in [0.717, 1.165) is 19.3 Å². The highest BCUT2D eigenvalue weighted by Gasteiger charge is 2.14. The molecule has 0 aliphatic carbocycles. The van der Waals surface area contributed by atoms with Crippen LogP contribution in [0.1, 0.15) is 47.7 Å². The predicted octanol–water partition coefficient (Wildman–Crippen LogP) is 2.77. The highest BCUT2D eigenvalue weighted by Crippen LogP contribution is 2.06. The van der Waals surface area contributed by atoms with Gasteiger partial charge in [-0.1, -0.05) is 42.2 Å². The topological polar surface area (TPSA) is 95.5 Å². The van der Waals surface area contributed by atoms with E-state index in [4.69, 9.17) is 5.11 Å². The van der Waals surface area contributed by atoms with Gasteiger partial charge in [-0.3, -0.25) is 14.4 Å². The Morgan fingerprint density at radius 2 is 1.70 bits per heavy atom. The maximum absolute atomic E-state index is 11.9. The van der Waals surface area contributed by atoms with Crippen molar-refractivity contribution in [3.05, 3.63) is 71.3 Å². The molecule has 0 aromatic heterocycles. The van der Waals surface area contributed by atoms with Gasteiger partial charge in [0.15, 0.2) is 0 Å². The smallest absolute Gasteiger partial charge is 0.325 e. The lowest BCUT2D eigenvalue weighted by atomic mass is 10.1. The highest BCUT2D eigenvalue weighted by atomic mass is 16.4. The van der Waals surface area contributed by atoms with Crippen LogP contribution in [0, 0.1) is 11.8 Å². The first-order valence-corrected chi connectivity index (χ1v) is 9.89. The molecule has 0 aliphatic rings. The number of carboxylic acids is 1. The second kappa shape index (κ2) is 12.1. The van der Waals surface area contributed by atoms with Gasteiger partial charge in [0.25, 0.3) is 5.91 Å². The van der Waals surface area contributed by atoms with Gasteiger partial charge in [0.2, 0.25) is 5.91 Å². The predicted molar refractivity (Wildman–Crippen MR) is 115 cm³/mol. The minimum Gasteiger partial charge on any atom is -0.480 e.